The fourth-order valence-electron chi connectivity index (χ4n) is 1.75. The number of hydrogen-bond donors (Lipinski definition) is 1. The van der Waals surface area contributed by atoms with Gasteiger partial charge in [0.2, 0.25) is 5.91 Å². The van der Waals surface area contributed by atoms with Gasteiger partial charge in [0.15, 0.2) is 0 Å². The van der Waals surface area contributed by atoms with Crippen molar-refractivity contribution in [3.05, 3.63) is 29.8 Å². The van der Waals surface area contributed by atoms with Crippen LogP contribution in [0.2, 0.25) is 0 Å². The molecule has 1 heterocycles. The first-order valence-corrected chi connectivity index (χ1v) is 5.11. The highest BCUT2D eigenvalue weighted by Crippen LogP contribution is 2.30. The molecule has 0 aromatic heterocycles. The Labute approximate surface area is 96.2 Å². The molecule has 92 valence electrons. The molecule has 0 bridgehead atoms. The summed E-state index contributed by atoms with van der Waals surface area (Å²) in [5.41, 5.74) is 3.41. The number of carbonyl (C=O) groups excluding carboxylic acids is 1. The minimum Gasteiger partial charge on any atom is -0.273 e. The van der Waals surface area contributed by atoms with Crippen LogP contribution in [0.1, 0.15) is 12.0 Å². The van der Waals surface area contributed by atoms with Gasteiger partial charge in [-0.05, 0) is 18.6 Å². The van der Waals surface area contributed by atoms with Crippen LogP contribution in [-0.4, -0.2) is 18.1 Å². The molecule has 0 saturated carbocycles. The van der Waals surface area contributed by atoms with E-state index in [0.717, 1.165) is 10.6 Å². The van der Waals surface area contributed by atoms with Crippen molar-refractivity contribution in [2.24, 2.45) is 0 Å². The first-order chi connectivity index (χ1) is 7.89. The molecule has 1 amide bonds. The van der Waals surface area contributed by atoms with Gasteiger partial charge in [0.05, 0.1) is 12.1 Å². The molecule has 0 radical (unpaired) electrons. The third-order valence-corrected chi connectivity index (χ3v) is 2.66. The van der Waals surface area contributed by atoms with Crippen molar-refractivity contribution < 1.29 is 18.0 Å². The second kappa shape index (κ2) is 4.03. The number of nitrogens with zero attached hydrogens (tertiary/aromatic N) is 1. The van der Waals surface area contributed by atoms with Gasteiger partial charge in [-0.3, -0.25) is 4.79 Å². The molecular formula is C11H11F3N2O. The number of anilines is 1. The Morgan fingerprint density at radius 1 is 1.35 bits per heavy atom. The van der Waals surface area contributed by atoms with Gasteiger partial charge < -0.3 is 0 Å². The summed E-state index contributed by atoms with van der Waals surface area (Å²) in [6.07, 6.45) is -4.97. The normalized spacial score (nSPS) is 21.1. The lowest BCUT2D eigenvalue weighted by Gasteiger charge is -2.20. The van der Waals surface area contributed by atoms with Crippen molar-refractivity contribution in [2.45, 2.75) is 25.6 Å². The molecule has 1 unspecified atom stereocenters. The molecule has 1 aromatic rings. The molecule has 2 rings (SSSR count). The fourth-order valence-corrected chi connectivity index (χ4v) is 1.75. The maximum atomic E-state index is 12.5. The number of hydrazine groups is 1. The zero-order valence-electron chi connectivity index (χ0n) is 9.08. The van der Waals surface area contributed by atoms with Crippen molar-refractivity contribution in [2.75, 3.05) is 5.01 Å². The third-order valence-electron chi connectivity index (χ3n) is 2.66. The van der Waals surface area contributed by atoms with Gasteiger partial charge >= 0.3 is 6.18 Å². The summed E-state index contributed by atoms with van der Waals surface area (Å²) in [5.74, 6) is -0.568. The third kappa shape index (κ3) is 2.26. The van der Waals surface area contributed by atoms with Crippen LogP contribution < -0.4 is 10.4 Å². The maximum absolute atomic E-state index is 12.5. The number of para-hydroxylation sites is 1. The van der Waals surface area contributed by atoms with Crippen LogP contribution in [-0.2, 0) is 4.79 Å². The lowest BCUT2D eigenvalue weighted by atomic mass is 10.2. The molecular weight excluding hydrogens is 233 g/mol. The SMILES string of the molecule is Cc1ccccc1N1NC(C(F)(F)F)CC1=O. The molecule has 3 nitrogen and oxygen atoms in total. The van der Waals surface area contributed by atoms with E-state index in [0.29, 0.717) is 5.69 Å². The van der Waals surface area contributed by atoms with Gasteiger partial charge in [0, 0.05) is 0 Å². The monoisotopic (exact) mass is 244 g/mol. The predicted molar refractivity (Wildman–Crippen MR) is 56.3 cm³/mol. The van der Waals surface area contributed by atoms with E-state index in [-0.39, 0.29) is 0 Å². The molecule has 17 heavy (non-hydrogen) atoms. The van der Waals surface area contributed by atoms with Crippen molar-refractivity contribution in [3.8, 4) is 0 Å². The van der Waals surface area contributed by atoms with Gasteiger partial charge in [-0.2, -0.15) is 13.2 Å². The molecule has 1 aliphatic heterocycles. The summed E-state index contributed by atoms with van der Waals surface area (Å²) in [7, 11) is 0. The summed E-state index contributed by atoms with van der Waals surface area (Å²) in [4.78, 5) is 11.5. The minimum atomic E-state index is -4.41. The van der Waals surface area contributed by atoms with Crippen LogP contribution in [0.5, 0.6) is 0 Å². The minimum absolute atomic E-state index is 0.462. The Balaban J connectivity index is 2.25. The van der Waals surface area contributed by atoms with E-state index < -0.39 is 24.5 Å². The van der Waals surface area contributed by atoms with E-state index in [1.54, 1.807) is 31.2 Å². The van der Waals surface area contributed by atoms with E-state index in [2.05, 4.69) is 5.43 Å². The van der Waals surface area contributed by atoms with Gasteiger partial charge in [0.25, 0.3) is 0 Å². The van der Waals surface area contributed by atoms with E-state index in [9.17, 15) is 18.0 Å². The molecule has 1 saturated heterocycles. The molecule has 6 heteroatoms. The van der Waals surface area contributed by atoms with Gasteiger partial charge in [0.1, 0.15) is 6.04 Å². The number of aryl methyl sites for hydroxylation is 1. The quantitative estimate of drug-likeness (QED) is 0.821. The molecule has 1 N–H and O–H groups in total. The average molecular weight is 244 g/mol. The standard InChI is InChI=1S/C11H11F3N2O/c1-7-4-2-3-5-8(7)16-10(17)6-9(15-16)11(12,13)14/h2-5,9,15H,6H2,1H3. The number of alkyl halides is 3. The fraction of sp³-hybridized carbons (Fsp3) is 0.364. The van der Waals surface area contributed by atoms with Crippen LogP contribution in [0.4, 0.5) is 18.9 Å². The maximum Gasteiger partial charge on any atom is 0.406 e. The Morgan fingerprint density at radius 2 is 2.00 bits per heavy atom. The second-order valence-corrected chi connectivity index (χ2v) is 3.94. The Bertz CT molecular complexity index is 445. The number of halogens is 3. The highest BCUT2D eigenvalue weighted by atomic mass is 19.4. The predicted octanol–water partition coefficient (Wildman–Crippen LogP) is 2.17. The Hall–Kier alpha value is -1.56. The van der Waals surface area contributed by atoms with Crippen LogP contribution >= 0.6 is 0 Å². The van der Waals surface area contributed by atoms with E-state index in [1.807, 2.05) is 0 Å². The van der Waals surface area contributed by atoms with E-state index in [4.69, 9.17) is 0 Å². The summed E-state index contributed by atoms with van der Waals surface area (Å²) in [5, 5.41) is 0.980. The van der Waals surface area contributed by atoms with Crippen molar-refractivity contribution >= 4 is 11.6 Å². The van der Waals surface area contributed by atoms with Crippen molar-refractivity contribution in [3.63, 3.8) is 0 Å². The van der Waals surface area contributed by atoms with E-state index >= 15 is 0 Å². The van der Waals surface area contributed by atoms with Crippen molar-refractivity contribution in [1.82, 2.24) is 5.43 Å². The van der Waals surface area contributed by atoms with Gasteiger partial charge in [-0.1, -0.05) is 18.2 Å². The number of rotatable bonds is 1. The number of benzene rings is 1. The smallest absolute Gasteiger partial charge is 0.273 e. The molecule has 1 atom stereocenters. The molecule has 0 aliphatic carbocycles. The Kier molecular flexibility index (Phi) is 2.82. The van der Waals surface area contributed by atoms with Crippen LogP contribution in [0.3, 0.4) is 0 Å². The lowest BCUT2D eigenvalue weighted by Crippen LogP contribution is -2.44. The second-order valence-electron chi connectivity index (χ2n) is 3.94. The zero-order chi connectivity index (χ0) is 12.6. The van der Waals surface area contributed by atoms with Crippen LogP contribution in [0, 0.1) is 6.92 Å². The molecule has 0 spiro atoms. The summed E-state index contributed by atoms with van der Waals surface area (Å²) in [6.45, 7) is 1.74. The van der Waals surface area contributed by atoms with Gasteiger partial charge in [-0.15, -0.1) is 0 Å². The highest BCUT2D eigenvalue weighted by molar-refractivity contribution is 5.95. The van der Waals surface area contributed by atoms with Crippen molar-refractivity contribution in [1.29, 1.82) is 0 Å². The first kappa shape index (κ1) is 11.9. The summed E-state index contributed by atoms with van der Waals surface area (Å²) in [6, 6.07) is 5.00. The number of hydrogen-bond acceptors (Lipinski definition) is 2. The topological polar surface area (TPSA) is 32.3 Å². The summed E-state index contributed by atoms with van der Waals surface area (Å²) < 4.78 is 37.4. The van der Waals surface area contributed by atoms with Crippen LogP contribution in [0.15, 0.2) is 24.3 Å². The highest BCUT2D eigenvalue weighted by Gasteiger charge is 2.47. The summed E-state index contributed by atoms with van der Waals surface area (Å²) >= 11 is 0. The van der Waals surface area contributed by atoms with Gasteiger partial charge in [-0.25, -0.2) is 10.4 Å². The molecule has 1 aromatic carbocycles. The van der Waals surface area contributed by atoms with E-state index in [1.165, 1.54) is 0 Å². The Morgan fingerprint density at radius 3 is 2.53 bits per heavy atom. The lowest BCUT2D eigenvalue weighted by molar-refractivity contribution is -0.153. The first-order valence-electron chi connectivity index (χ1n) is 5.11. The average Bonchev–Trinajstić information content (AvgIpc) is 2.61. The number of nitrogens with one attached hydrogen (secondary N) is 1. The number of carbonyl (C=O) groups is 1. The molecule has 1 fully saturated rings. The zero-order valence-corrected chi connectivity index (χ0v) is 9.08. The van der Waals surface area contributed by atoms with Crippen LogP contribution in [0.25, 0.3) is 0 Å². The molecule has 1 aliphatic rings. The largest absolute Gasteiger partial charge is 0.406 e. The number of amides is 1.